The normalized spacial score (nSPS) is 11.4. The Hall–Kier alpha value is -0.410. The molecule has 1 aromatic heterocycles. The molecule has 0 radical (unpaired) electrons. The van der Waals surface area contributed by atoms with Crippen molar-refractivity contribution in [3.8, 4) is 0 Å². The third-order valence-electron chi connectivity index (χ3n) is 3.24. The van der Waals surface area contributed by atoms with Crippen LogP contribution in [-0.4, -0.2) is 56.1 Å². The molecule has 0 aromatic carbocycles. The van der Waals surface area contributed by atoms with E-state index in [1.165, 1.54) is 12.8 Å². The van der Waals surface area contributed by atoms with Gasteiger partial charge in [0.2, 0.25) is 0 Å². The number of guanidine groups is 1. The molecule has 2 N–H and O–H groups in total. The van der Waals surface area contributed by atoms with Crippen molar-refractivity contribution in [3.05, 3.63) is 16.1 Å². The van der Waals surface area contributed by atoms with E-state index < -0.39 is 0 Å². The van der Waals surface area contributed by atoms with Gasteiger partial charge in [0.15, 0.2) is 5.96 Å². The van der Waals surface area contributed by atoms with Crippen molar-refractivity contribution >= 4 is 41.3 Å². The van der Waals surface area contributed by atoms with Crippen molar-refractivity contribution in [2.24, 2.45) is 4.99 Å². The number of thiazole rings is 1. The number of halogens is 1. The summed E-state index contributed by atoms with van der Waals surface area (Å²) in [6.07, 6.45) is 3.44. The maximum Gasteiger partial charge on any atom is 0.191 e. The lowest BCUT2D eigenvalue weighted by Gasteiger charge is -2.17. The molecule has 0 saturated carbocycles. The fraction of sp³-hybridized carbons (Fsp3) is 0.733. The minimum atomic E-state index is 0. The van der Waals surface area contributed by atoms with Crippen molar-refractivity contribution in [1.82, 2.24) is 20.5 Å². The summed E-state index contributed by atoms with van der Waals surface area (Å²) in [4.78, 5) is 11.0. The van der Waals surface area contributed by atoms with Gasteiger partial charge in [0.1, 0.15) is 0 Å². The molecular weight excluding hydrogens is 409 g/mol. The first kappa shape index (κ1) is 21.6. The van der Waals surface area contributed by atoms with Gasteiger partial charge in [-0.2, -0.15) is 0 Å². The van der Waals surface area contributed by atoms with Crippen LogP contribution < -0.4 is 10.6 Å². The fourth-order valence-electron chi connectivity index (χ4n) is 1.96. The predicted octanol–water partition coefficient (Wildman–Crippen LogP) is 2.51. The molecule has 0 fully saturated rings. The third kappa shape index (κ3) is 9.58. The molecule has 0 saturated heterocycles. The second-order valence-corrected chi connectivity index (χ2v) is 6.25. The topological polar surface area (TPSA) is 52.5 Å². The summed E-state index contributed by atoms with van der Waals surface area (Å²) < 4.78 is 0. The number of unbranched alkanes of at least 4 members (excludes halogenated alkanes) is 1. The summed E-state index contributed by atoms with van der Waals surface area (Å²) in [5, 5.41) is 9.93. The van der Waals surface area contributed by atoms with Crippen LogP contribution in [0.4, 0.5) is 0 Å². The Bertz CT molecular complexity index is 422. The van der Waals surface area contributed by atoms with Gasteiger partial charge in [0.05, 0.1) is 10.7 Å². The van der Waals surface area contributed by atoms with Gasteiger partial charge in [-0.3, -0.25) is 4.99 Å². The van der Waals surface area contributed by atoms with Crippen LogP contribution >= 0.6 is 35.3 Å². The number of aromatic nitrogens is 1. The van der Waals surface area contributed by atoms with E-state index in [1.54, 1.807) is 11.3 Å². The fourth-order valence-corrected chi connectivity index (χ4v) is 2.60. The van der Waals surface area contributed by atoms with E-state index in [9.17, 15) is 0 Å². The van der Waals surface area contributed by atoms with Crippen LogP contribution in [0.25, 0.3) is 0 Å². The summed E-state index contributed by atoms with van der Waals surface area (Å²) in [5.74, 6) is 0.867. The third-order valence-corrected chi connectivity index (χ3v) is 4.07. The smallest absolute Gasteiger partial charge is 0.191 e. The highest BCUT2D eigenvalue weighted by Crippen LogP contribution is 2.07. The first-order valence-electron chi connectivity index (χ1n) is 7.69. The molecule has 1 aromatic rings. The van der Waals surface area contributed by atoms with Crippen LogP contribution in [-0.2, 0) is 6.42 Å². The average molecular weight is 439 g/mol. The molecule has 1 heterocycles. The van der Waals surface area contributed by atoms with Crippen LogP contribution in [0.1, 0.15) is 30.5 Å². The van der Waals surface area contributed by atoms with E-state index in [0.717, 1.165) is 49.3 Å². The van der Waals surface area contributed by atoms with Crippen molar-refractivity contribution in [2.75, 3.05) is 40.3 Å². The Balaban J connectivity index is 0.00000441. The number of hydrogen-bond acceptors (Lipinski definition) is 4. The quantitative estimate of drug-likeness (QED) is 0.353. The van der Waals surface area contributed by atoms with Crippen molar-refractivity contribution in [3.63, 3.8) is 0 Å². The highest BCUT2D eigenvalue weighted by molar-refractivity contribution is 14.0. The van der Waals surface area contributed by atoms with E-state index in [1.807, 2.05) is 14.0 Å². The van der Waals surface area contributed by atoms with Crippen LogP contribution in [0.5, 0.6) is 0 Å². The van der Waals surface area contributed by atoms with Gasteiger partial charge >= 0.3 is 0 Å². The van der Waals surface area contributed by atoms with Crippen molar-refractivity contribution < 1.29 is 0 Å². The number of nitrogens with zero attached hydrogens (tertiary/aromatic N) is 3. The Morgan fingerprint density at radius 1 is 1.32 bits per heavy atom. The Morgan fingerprint density at radius 3 is 2.64 bits per heavy atom. The zero-order chi connectivity index (χ0) is 15.5. The van der Waals surface area contributed by atoms with Crippen LogP contribution in [0.3, 0.4) is 0 Å². The lowest BCUT2D eigenvalue weighted by molar-refractivity contribution is 0.332. The number of aryl methyl sites for hydroxylation is 1. The summed E-state index contributed by atoms with van der Waals surface area (Å²) in [5.41, 5.74) is 1.15. The molecule has 0 bridgehead atoms. The van der Waals surface area contributed by atoms with Gasteiger partial charge in [-0.1, -0.05) is 13.3 Å². The second kappa shape index (κ2) is 13.1. The van der Waals surface area contributed by atoms with Gasteiger partial charge in [0, 0.05) is 38.5 Å². The Labute approximate surface area is 156 Å². The molecule has 0 aliphatic rings. The highest BCUT2D eigenvalue weighted by Gasteiger charge is 2.01. The van der Waals surface area contributed by atoms with E-state index in [-0.39, 0.29) is 24.0 Å². The minimum Gasteiger partial charge on any atom is -0.356 e. The van der Waals surface area contributed by atoms with Crippen LogP contribution in [0.15, 0.2) is 10.4 Å². The first-order chi connectivity index (χ1) is 10.2. The molecule has 1 rings (SSSR count). The molecule has 0 unspecified atom stereocenters. The number of rotatable bonds is 9. The predicted molar refractivity (Wildman–Crippen MR) is 108 cm³/mol. The van der Waals surface area contributed by atoms with E-state index in [4.69, 9.17) is 0 Å². The lowest BCUT2D eigenvalue weighted by Crippen LogP contribution is -2.41. The summed E-state index contributed by atoms with van der Waals surface area (Å²) in [6, 6.07) is 0. The summed E-state index contributed by atoms with van der Waals surface area (Å²) in [7, 11) is 3.97. The van der Waals surface area contributed by atoms with Gasteiger partial charge < -0.3 is 15.5 Å². The monoisotopic (exact) mass is 439 g/mol. The molecule has 128 valence electrons. The lowest BCUT2D eigenvalue weighted by atomic mass is 10.3. The number of likely N-dealkylation sites (N-methyl/N-ethyl adjacent to an activating group) is 1. The van der Waals surface area contributed by atoms with Crippen molar-refractivity contribution in [1.29, 1.82) is 0 Å². The molecular formula is C15H30IN5S. The van der Waals surface area contributed by atoms with E-state index in [2.05, 4.69) is 44.9 Å². The van der Waals surface area contributed by atoms with E-state index in [0.29, 0.717) is 0 Å². The minimum absolute atomic E-state index is 0. The molecule has 22 heavy (non-hydrogen) atoms. The average Bonchev–Trinajstić information content (AvgIpc) is 2.89. The van der Waals surface area contributed by atoms with Gasteiger partial charge in [-0.25, -0.2) is 4.98 Å². The molecule has 0 aliphatic heterocycles. The molecule has 5 nitrogen and oxygen atoms in total. The molecule has 0 aliphatic carbocycles. The summed E-state index contributed by atoms with van der Waals surface area (Å²) >= 11 is 1.70. The maximum absolute atomic E-state index is 4.46. The van der Waals surface area contributed by atoms with Crippen LogP contribution in [0.2, 0.25) is 0 Å². The molecule has 0 spiro atoms. The second-order valence-electron chi connectivity index (χ2n) is 5.19. The zero-order valence-electron chi connectivity index (χ0n) is 14.2. The number of nitrogens with one attached hydrogen (secondary N) is 2. The van der Waals surface area contributed by atoms with Crippen molar-refractivity contribution in [2.45, 2.75) is 33.1 Å². The maximum atomic E-state index is 4.46. The first-order valence-corrected chi connectivity index (χ1v) is 8.57. The largest absolute Gasteiger partial charge is 0.356 e. The molecule has 7 heteroatoms. The standard InChI is InChI=1S/C15H29N5S.HI/c1-5-6-10-20(4)11-9-18-15(16-3)17-8-7-14-12-21-13(2)19-14;/h12H,5-11H2,1-4H3,(H2,16,17,18);1H. The van der Waals surface area contributed by atoms with Gasteiger partial charge in [-0.15, -0.1) is 35.3 Å². The summed E-state index contributed by atoms with van der Waals surface area (Å²) in [6.45, 7) is 8.22. The Kier molecular flexibility index (Phi) is 12.8. The highest BCUT2D eigenvalue weighted by atomic mass is 127. The van der Waals surface area contributed by atoms with Crippen LogP contribution in [0, 0.1) is 6.92 Å². The van der Waals surface area contributed by atoms with E-state index >= 15 is 0 Å². The molecule has 0 atom stereocenters. The number of hydrogen-bond donors (Lipinski definition) is 2. The number of aliphatic imine (C=N–C) groups is 1. The zero-order valence-corrected chi connectivity index (χ0v) is 17.3. The molecule has 0 amide bonds. The SMILES string of the molecule is CCCCN(C)CCNC(=NC)NCCc1csc(C)n1.I. The van der Waals surface area contributed by atoms with Gasteiger partial charge in [0.25, 0.3) is 0 Å². The Morgan fingerprint density at radius 2 is 2.05 bits per heavy atom. The van der Waals surface area contributed by atoms with Gasteiger partial charge in [-0.05, 0) is 26.9 Å².